The van der Waals surface area contributed by atoms with Gasteiger partial charge in [-0.25, -0.2) is 13.6 Å². The lowest BCUT2D eigenvalue weighted by molar-refractivity contribution is -0.113. The third kappa shape index (κ3) is 6.33. The van der Waals surface area contributed by atoms with Crippen molar-refractivity contribution in [1.82, 2.24) is 4.90 Å². The fraction of sp³-hybridized carbons (Fsp3) is 0.650. The van der Waals surface area contributed by atoms with Crippen LogP contribution in [0.25, 0.3) is 0 Å². The molecule has 1 aromatic rings. The highest BCUT2D eigenvalue weighted by atomic mass is 79.9. The van der Waals surface area contributed by atoms with Crippen LogP contribution in [0.1, 0.15) is 45.6 Å². The van der Waals surface area contributed by atoms with Gasteiger partial charge < -0.3 is 14.4 Å². The van der Waals surface area contributed by atoms with Gasteiger partial charge in [0.25, 0.3) is 5.92 Å². The standard InChI is InChI=1S/C20H28BrF2NO3/c1-14-16(21)8-5-9-17(14)26-12-6-7-15-10-11-24(13-20(15,22)23)18(25)27-19(2,3)4/h5,8-9,15H,6-7,10-13H2,1-4H3. The number of alkyl halides is 2. The van der Waals surface area contributed by atoms with Gasteiger partial charge in [0, 0.05) is 22.5 Å². The SMILES string of the molecule is Cc1c(Br)cccc1OCCCC1CCN(C(=O)OC(C)(C)C)CC1(F)F. The Morgan fingerprint density at radius 1 is 1.37 bits per heavy atom. The van der Waals surface area contributed by atoms with Gasteiger partial charge in [-0.05, 0) is 59.1 Å². The van der Waals surface area contributed by atoms with E-state index in [-0.39, 0.29) is 6.42 Å². The summed E-state index contributed by atoms with van der Waals surface area (Å²) in [6.07, 6.45) is 0.498. The van der Waals surface area contributed by atoms with Gasteiger partial charge in [-0.3, -0.25) is 0 Å². The highest BCUT2D eigenvalue weighted by Crippen LogP contribution is 2.36. The fourth-order valence-electron chi connectivity index (χ4n) is 3.08. The first-order valence-corrected chi connectivity index (χ1v) is 10.0. The monoisotopic (exact) mass is 447 g/mol. The van der Waals surface area contributed by atoms with Crippen LogP contribution in [0, 0.1) is 12.8 Å². The zero-order valence-electron chi connectivity index (χ0n) is 16.4. The number of likely N-dealkylation sites (tertiary alicyclic amines) is 1. The van der Waals surface area contributed by atoms with E-state index in [2.05, 4.69) is 15.9 Å². The number of piperidine rings is 1. The number of hydrogen-bond donors (Lipinski definition) is 0. The normalized spacial score (nSPS) is 19.7. The van der Waals surface area contributed by atoms with Gasteiger partial charge in [-0.15, -0.1) is 0 Å². The van der Waals surface area contributed by atoms with E-state index in [1.165, 1.54) is 0 Å². The molecule has 1 atom stereocenters. The van der Waals surface area contributed by atoms with Gasteiger partial charge in [-0.1, -0.05) is 22.0 Å². The highest BCUT2D eigenvalue weighted by Gasteiger charge is 2.46. The van der Waals surface area contributed by atoms with Crippen molar-refractivity contribution in [2.45, 2.75) is 58.5 Å². The molecule has 0 bridgehead atoms. The molecule has 1 fully saturated rings. The second-order valence-electron chi connectivity index (χ2n) is 8.00. The van der Waals surface area contributed by atoms with E-state index in [4.69, 9.17) is 9.47 Å². The molecule has 0 aliphatic carbocycles. The number of carbonyl (C=O) groups is 1. The van der Waals surface area contributed by atoms with E-state index in [9.17, 15) is 13.6 Å². The molecule has 1 unspecified atom stereocenters. The van der Waals surface area contributed by atoms with Crippen molar-refractivity contribution in [2.24, 2.45) is 5.92 Å². The first kappa shape index (κ1) is 21.9. The molecule has 1 amide bonds. The summed E-state index contributed by atoms with van der Waals surface area (Å²) in [5.41, 5.74) is 0.305. The Kier molecular flexibility index (Phi) is 7.11. The van der Waals surface area contributed by atoms with E-state index < -0.39 is 30.1 Å². The summed E-state index contributed by atoms with van der Waals surface area (Å²) in [5.74, 6) is -2.90. The summed E-state index contributed by atoms with van der Waals surface area (Å²) in [4.78, 5) is 13.1. The zero-order valence-corrected chi connectivity index (χ0v) is 17.9. The molecular weight excluding hydrogens is 420 g/mol. The summed E-state index contributed by atoms with van der Waals surface area (Å²) in [7, 11) is 0. The largest absolute Gasteiger partial charge is 0.493 e. The Balaban J connectivity index is 1.81. The summed E-state index contributed by atoms with van der Waals surface area (Å²) in [5, 5.41) is 0. The minimum atomic E-state index is -2.92. The zero-order chi connectivity index (χ0) is 20.2. The fourth-order valence-corrected chi connectivity index (χ4v) is 3.43. The molecule has 1 aromatic carbocycles. The first-order chi connectivity index (χ1) is 12.5. The number of halogens is 3. The van der Waals surface area contributed by atoms with Crippen molar-refractivity contribution in [3.05, 3.63) is 28.2 Å². The lowest BCUT2D eigenvalue weighted by Gasteiger charge is -2.38. The molecule has 0 aromatic heterocycles. The molecule has 27 heavy (non-hydrogen) atoms. The van der Waals surface area contributed by atoms with E-state index in [1.54, 1.807) is 20.8 Å². The van der Waals surface area contributed by atoms with Crippen molar-refractivity contribution in [3.8, 4) is 5.75 Å². The van der Waals surface area contributed by atoms with E-state index >= 15 is 0 Å². The predicted molar refractivity (Wildman–Crippen MR) is 104 cm³/mol. The minimum Gasteiger partial charge on any atom is -0.493 e. The molecule has 152 valence electrons. The van der Waals surface area contributed by atoms with E-state index in [0.29, 0.717) is 26.0 Å². The minimum absolute atomic E-state index is 0.266. The third-order valence-corrected chi connectivity index (χ3v) is 5.43. The molecule has 4 nitrogen and oxygen atoms in total. The molecule has 0 radical (unpaired) electrons. The van der Waals surface area contributed by atoms with Crippen LogP contribution in [0.5, 0.6) is 5.75 Å². The van der Waals surface area contributed by atoms with Gasteiger partial charge in [0.2, 0.25) is 0 Å². The van der Waals surface area contributed by atoms with Crippen molar-refractivity contribution >= 4 is 22.0 Å². The first-order valence-electron chi connectivity index (χ1n) is 9.23. The van der Waals surface area contributed by atoms with Gasteiger partial charge in [0.1, 0.15) is 11.4 Å². The summed E-state index contributed by atoms with van der Waals surface area (Å²) < 4.78 is 40.9. The van der Waals surface area contributed by atoms with Gasteiger partial charge in [0.15, 0.2) is 0 Å². The van der Waals surface area contributed by atoms with Crippen molar-refractivity contribution < 1.29 is 23.0 Å². The average Bonchev–Trinajstić information content (AvgIpc) is 2.54. The number of benzene rings is 1. The van der Waals surface area contributed by atoms with E-state index in [0.717, 1.165) is 20.7 Å². The van der Waals surface area contributed by atoms with Crippen LogP contribution in [-0.2, 0) is 4.74 Å². The Morgan fingerprint density at radius 3 is 2.70 bits per heavy atom. The van der Waals surface area contributed by atoms with Crippen LogP contribution in [0.4, 0.5) is 13.6 Å². The Hall–Kier alpha value is -1.37. The Morgan fingerprint density at radius 2 is 2.07 bits per heavy atom. The van der Waals surface area contributed by atoms with Crippen LogP contribution in [0.3, 0.4) is 0 Å². The number of ether oxygens (including phenoxy) is 2. The van der Waals surface area contributed by atoms with Crippen LogP contribution >= 0.6 is 15.9 Å². The summed E-state index contributed by atoms with van der Waals surface area (Å²) >= 11 is 3.45. The summed E-state index contributed by atoms with van der Waals surface area (Å²) in [6, 6.07) is 5.68. The van der Waals surface area contributed by atoms with Gasteiger partial charge in [0.05, 0.1) is 13.2 Å². The molecule has 0 N–H and O–H groups in total. The maximum absolute atomic E-state index is 14.5. The Bertz CT molecular complexity index is 661. The van der Waals surface area contributed by atoms with Crippen molar-refractivity contribution in [2.75, 3.05) is 19.7 Å². The molecule has 1 aliphatic rings. The van der Waals surface area contributed by atoms with Crippen LogP contribution < -0.4 is 4.74 Å². The van der Waals surface area contributed by atoms with E-state index in [1.807, 2.05) is 25.1 Å². The number of rotatable bonds is 5. The lowest BCUT2D eigenvalue weighted by Crippen LogP contribution is -2.51. The maximum atomic E-state index is 14.5. The van der Waals surface area contributed by atoms with Gasteiger partial charge >= 0.3 is 6.09 Å². The van der Waals surface area contributed by atoms with Crippen LogP contribution in [-0.4, -0.2) is 42.2 Å². The second kappa shape index (κ2) is 8.76. The smallest absolute Gasteiger partial charge is 0.410 e. The second-order valence-corrected chi connectivity index (χ2v) is 8.86. The van der Waals surface area contributed by atoms with Crippen LogP contribution in [0.15, 0.2) is 22.7 Å². The van der Waals surface area contributed by atoms with Gasteiger partial charge in [-0.2, -0.15) is 0 Å². The lowest BCUT2D eigenvalue weighted by atomic mass is 9.89. The van der Waals surface area contributed by atoms with Crippen molar-refractivity contribution in [3.63, 3.8) is 0 Å². The number of hydrogen-bond acceptors (Lipinski definition) is 3. The summed E-state index contributed by atoms with van der Waals surface area (Å²) in [6.45, 7) is 7.22. The average molecular weight is 448 g/mol. The van der Waals surface area contributed by atoms with Crippen molar-refractivity contribution in [1.29, 1.82) is 0 Å². The predicted octanol–water partition coefficient (Wildman–Crippen LogP) is 5.81. The van der Waals surface area contributed by atoms with Crippen LogP contribution in [0.2, 0.25) is 0 Å². The third-order valence-electron chi connectivity index (χ3n) is 4.57. The number of carbonyl (C=O) groups excluding carboxylic acids is 1. The molecule has 2 rings (SSSR count). The quantitative estimate of drug-likeness (QED) is 0.534. The Labute approximate surface area is 168 Å². The molecular formula is C20H28BrF2NO3. The maximum Gasteiger partial charge on any atom is 0.410 e. The molecule has 1 heterocycles. The topological polar surface area (TPSA) is 38.8 Å². The molecule has 1 saturated heterocycles. The number of nitrogens with zero attached hydrogens (tertiary/aromatic N) is 1. The molecule has 0 spiro atoms. The molecule has 7 heteroatoms. The molecule has 1 aliphatic heterocycles. The molecule has 0 saturated carbocycles. The number of amides is 1. The highest BCUT2D eigenvalue weighted by molar-refractivity contribution is 9.10.